The number of nitrogens with one attached hydrogen (secondary N) is 1. The lowest BCUT2D eigenvalue weighted by Crippen LogP contribution is -2.47. The number of morpholine rings is 1. The molecule has 2 amide bonds. The Bertz CT molecular complexity index is 897. The maximum Gasteiger partial charge on any atom is 0.253 e. The van der Waals surface area contributed by atoms with E-state index < -0.39 is 0 Å². The molecule has 1 aromatic carbocycles. The van der Waals surface area contributed by atoms with Crippen LogP contribution in [0.3, 0.4) is 0 Å². The lowest BCUT2D eigenvalue weighted by molar-refractivity contribution is -0.140. The summed E-state index contributed by atoms with van der Waals surface area (Å²) in [6.45, 7) is 2.49. The molecule has 0 spiro atoms. The van der Waals surface area contributed by atoms with Crippen molar-refractivity contribution in [1.82, 2.24) is 15.2 Å². The van der Waals surface area contributed by atoms with Gasteiger partial charge in [-0.25, -0.2) is 4.39 Å². The topological polar surface area (TPSA) is 71.5 Å². The molecule has 7 heteroatoms. The molecule has 158 valence electrons. The van der Waals surface area contributed by atoms with Crippen LogP contribution >= 0.6 is 0 Å². The Morgan fingerprint density at radius 1 is 1.13 bits per heavy atom. The summed E-state index contributed by atoms with van der Waals surface area (Å²) < 4.78 is 18.7. The number of carbonyl (C=O) groups excluding carboxylic acids is 2. The first-order valence-electron chi connectivity index (χ1n) is 10.5. The zero-order chi connectivity index (χ0) is 20.9. The zero-order valence-corrected chi connectivity index (χ0v) is 16.9. The van der Waals surface area contributed by atoms with Gasteiger partial charge in [-0.1, -0.05) is 18.6 Å². The van der Waals surface area contributed by atoms with Crippen molar-refractivity contribution in [2.75, 3.05) is 26.3 Å². The van der Waals surface area contributed by atoms with Gasteiger partial charge in [-0.3, -0.25) is 14.6 Å². The first-order chi connectivity index (χ1) is 14.6. The number of nitrogens with zero attached hydrogens (tertiary/aromatic N) is 2. The summed E-state index contributed by atoms with van der Waals surface area (Å²) in [6.07, 6.45) is 4.83. The lowest BCUT2D eigenvalue weighted by Gasteiger charge is -2.34. The highest BCUT2D eigenvalue weighted by molar-refractivity contribution is 5.94. The minimum Gasteiger partial charge on any atom is -0.378 e. The second kappa shape index (κ2) is 9.34. The van der Waals surface area contributed by atoms with Crippen LogP contribution in [0, 0.1) is 11.7 Å². The minimum absolute atomic E-state index is 0.0239. The Morgan fingerprint density at radius 3 is 2.70 bits per heavy atom. The normalized spacial score (nSPS) is 21.8. The van der Waals surface area contributed by atoms with E-state index in [9.17, 15) is 14.0 Å². The Morgan fingerprint density at radius 2 is 1.97 bits per heavy atom. The van der Waals surface area contributed by atoms with E-state index in [2.05, 4.69) is 10.3 Å². The number of hydrogen-bond acceptors (Lipinski definition) is 4. The summed E-state index contributed by atoms with van der Waals surface area (Å²) in [5, 5.41) is 3.06. The van der Waals surface area contributed by atoms with Gasteiger partial charge < -0.3 is 15.0 Å². The summed E-state index contributed by atoms with van der Waals surface area (Å²) in [4.78, 5) is 31.6. The first-order valence-corrected chi connectivity index (χ1v) is 10.5. The molecule has 30 heavy (non-hydrogen) atoms. The van der Waals surface area contributed by atoms with E-state index in [0.717, 1.165) is 19.3 Å². The summed E-state index contributed by atoms with van der Waals surface area (Å²) in [7, 11) is 0. The van der Waals surface area contributed by atoms with Crippen molar-refractivity contribution < 1.29 is 18.7 Å². The lowest BCUT2D eigenvalue weighted by atomic mass is 9.84. The average Bonchev–Trinajstić information content (AvgIpc) is 2.79. The maximum atomic E-state index is 13.4. The molecule has 2 fully saturated rings. The van der Waals surface area contributed by atoms with Gasteiger partial charge in [0.1, 0.15) is 5.82 Å². The van der Waals surface area contributed by atoms with Gasteiger partial charge in [0.2, 0.25) is 5.91 Å². The molecule has 1 saturated carbocycles. The summed E-state index contributed by atoms with van der Waals surface area (Å²) >= 11 is 0. The molecule has 2 aromatic rings. The van der Waals surface area contributed by atoms with Crippen molar-refractivity contribution in [2.24, 2.45) is 5.92 Å². The predicted octanol–water partition coefficient (Wildman–Crippen LogP) is 3.04. The van der Waals surface area contributed by atoms with Crippen molar-refractivity contribution in [1.29, 1.82) is 0 Å². The quantitative estimate of drug-likeness (QED) is 0.840. The molecular weight excluding hydrogens is 385 g/mol. The van der Waals surface area contributed by atoms with Crippen molar-refractivity contribution in [2.45, 2.75) is 31.7 Å². The average molecular weight is 411 g/mol. The maximum absolute atomic E-state index is 13.4. The van der Waals surface area contributed by atoms with Gasteiger partial charge in [0, 0.05) is 36.8 Å². The van der Waals surface area contributed by atoms with Gasteiger partial charge in [-0.15, -0.1) is 0 Å². The molecule has 2 aliphatic rings. The van der Waals surface area contributed by atoms with Crippen LogP contribution in [-0.4, -0.2) is 54.0 Å². The molecule has 2 heterocycles. The Hall–Kier alpha value is -2.80. The first kappa shape index (κ1) is 20.5. The number of ether oxygens (including phenoxy) is 1. The van der Waals surface area contributed by atoms with Crippen LogP contribution in [-0.2, 0) is 9.53 Å². The zero-order valence-electron chi connectivity index (χ0n) is 16.9. The third-order valence-electron chi connectivity index (χ3n) is 5.83. The number of hydrogen-bond donors (Lipinski definition) is 1. The Balaban J connectivity index is 1.35. The molecule has 0 unspecified atom stereocenters. The highest BCUT2D eigenvalue weighted by atomic mass is 19.1. The number of pyridine rings is 1. The number of amides is 2. The van der Waals surface area contributed by atoms with Crippen LogP contribution in [0.25, 0.3) is 11.3 Å². The van der Waals surface area contributed by atoms with E-state index in [1.807, 2.05) is 4.90 Å². The van der Waals surface area contributed by atoms with Crippen LogP contribution in [0.5, 0.6) is 0 Å². The van der Waals surface area contributed by atoms with Crippen molar-refractivity contribution in [3.05, 3.63) is 54.0 Å². The molecular formula is C23H26FN3O3. The second-order valence-corrected chi connectivity index (χ2v) is 7.91. The molecule has 6 nitrogen and oxygen atoms in total. The molecule has 1 aliphatic carbocycles. The van der Waals surface area contributed by atoms with Gasteiger partial charge in [0.05, 0.1) is 24.5 Å². The highest BCUT2D eigenvalue weighted by Gasteiger charge is 2.31. The van der Waals surface area contributed by atoms with Crippen molar-refractivity contribution in [3.8, 4) is 11.3 Å². The van der Waals surface area contributed by atoms with Crippen LogP contribution in [0.1, 0.15) is 36.0 Å². The summed E-state index contributed by atoms with van der Waals surface area (Å²) in [5.74, 6) is -0.388. The Kier molecular flexibility index (Phi) is 6.38. The van der Waals surface area contributed by atoms with Crippen molar-refractivity contribution in [3.63, 3.8) is 0 Å². The molecule has 2 atom stereocenters. The fraction of sp³-hybridized carbons (Fsp3) is 0.435. The van der Waals surface area contributed by atoms with Gasteiger partial charge >= 0.3 is 0 Å². The second-order valence-electron chi connectivity index (χ2n) is 7.91. The monoisotopic (exact) mass is 411 g/mol. The molecule has 1 aromatic heterocycles. The molecule has 0 radical (unpaired) electrons. The number of aromatic nitrogens is 1. The van der Waals surface area contributed by atoms with Crippen LogP contribution in [0.15, 0.2) is 42.6 Å². The molecule has 0 bridgehead atoms. The van der Waals surface area contributed by atoms with E-state index >= 15 is 0 Å². The van der Waals surface area contributed by atoms with E-state index in [0.29, 0.717) is 49.5 Å². The van der Waals surface area contributed by atoms with Crippen LogP contribution in [0.2, 0.25) is 0 Å². The fourth-order valence-corrected chi connectivity index (χ4v) is 4.20. The van der Waals surface area contributed by atoms with Gasteiger partial charge in [-0.05, 0) is 43.5 Å². The highest BCUT2D eigenvalue weighted by Crippen LogP contribution is 2.27. The predicted molar refractivity (Wildman–Crippen MR) is 110 cm³/mol. The largest absolute Gasteiger partial charge is 0.378 e. The van der Waals surface area contributed by atoms with E-state index in [-0.39, 0.29) is 29.6 Å². The number of benzene rings is 1. The van der Waals surface area contributed by atoms with Crippen LogP contribution in [0.4, 0.5) is 4.39 Å². The minimum atomic E-state index is -0.324. The van der Waals surface area contributed by atoms with E-state index in [1.54, 1.807) is 24.3 Å². The molecule has 1 N–H and O–H groups in total. The standard InChI is InChI=1S/C23H26FN3O3/c24-19-5-1-3-16(13-19)21-8-7-18(15-25-21)22(28)26-20-6-2-4-17(14-20)23(29)27-9-11-30-12-10-27/h1,3,5,7-8,13,15,17,20H,2,4,6,9-12,14H2,(H,26,28)/t17-,20-/m0/s1. The SMILES string of the molecule is O=C(N[C@H]1CCC[C@H](C(=O)N2CCOCC2)C1)c1ccc(-c2cccc(F)c2)nc1. The Labute approximate surface area is 175 Å². The molecule has 1 saturated heterocycles. The van der Waals surface area contributed by atoms with Crippen molar-refractivity contribution >= 4 is 11.8 Å². The van der Waals surface area contributed by atoms with Gasteiger partial charge in [0.15, 0.2) is 0 Å². The number of halogens is 1. The third kappa shape index (κ3) is 4.84. The smallest absolute Gasteiger partial charge is 0.253 e. The number of rotatable bonds is 4. The molecule has 4 rings (SSSR count). The number of carbonyl (C=O) groups is 2. The van der Waals surface area contributed by atoms with E-state index in [4.69, 9.17) is 4.74 Å². The van der Waals surface area contributed by atoms with Crippen LogP contribution < -0.4 is 5.32 Å². The molecule has 1 aliphatic heterocycles. The fourth-order valence-electron chi connectivity index (χ4n) is 4.20. The van der Waals surface area contributed by atoms with Gasteiger partial charge in [0.25, 0.3) is 5.91 Å². The summed E-state index contributed by atoms with van der Waals surface area (Å²) in [5.41, 5.74) is 1.73. The van der Waals surface area contributed by atoms with Gasteiger partial charge in [-0.2, -0.15) is 0 Å². The third-order valence-corrected chi connectivity index (χ3v) is 5.83. The summed E-state index contributed by atoms with van der Waals surface area (Å²) in [6, 6.07) is 9.59. The van der Waals surface area contributed by atoms with E-state index in [1.165, 1.54) is 18.3 Å².